The number of rotatable bonds is 2. The summed E-state index contributed by atoms with van der Waals surface area (Å²) in [5.41, 5.74) is 0.991. The molecule has 4 aliphatic rings. The smallest absolute Gasteiger partial charge is 0.166 e. The molecule has 0 radical (unpaired) electrons. The number of fused-ring (bicyclic) bond motifs is 5. The lowest BCUT2D eigenvalue weighted by Gasteiger charge is -2.56. The normalized spacial score (nSPS) is 47.5. The van der Waals surface area contributed by atoms with E-state index in [1.54, 1.807) is 12.5 Å². The van der Waals surface area contributed by atoms with Gasteiger partial charge in [0.2, 0.25) is 0 Å². The van der Waals surface area contributed by atoms with Gasteiger partial charge in [0.05, 0.1) is 0 Å². The van der Waals surface area contributed by atoms with Gasteiger partial charge in [0.15, 0.2) is 5.78 Å². The minimum atomic E-state index is -1.28. The van der Waals surface area contributed by atoms with Crippen molar-refractivity contribution in [2.24, 2.45) is 29.1 Å². The summed E-state index contributed by atoms with van der Waals surface area (Å²) in [5.74, 6) is 2.60. The number of ketones is 1. The van der Waals surface area contributed by atoms with E-state index < -0.39 is 5.60 Å². The van der Waals surface area contributed by atoms with Gasteiger partial charge in [0, 0.05) is 5.41 Å². The third-order valence-corrected chi connectivity index (χ3v) is 8.42. The van der Waals surface area contributed by atoms with E-state index in [0.717, 1.165) is 36.7 Å². The van der Waals surface area contributed by atoms with Crippen LogP contribution in [0.4, 0.5) is 0 Å². The molecule has 6 atom stereocenters. The molecule has 0 aromatic rings. The van der Waals surface area contributed by atoms with E-state index in [9.17, 15) is 9.90 Å². The summed E-state index contributed by atoms with van der Waals surface area (Å²) in [6.45, 7) is 7.93. The average Bonchev–Trinajstić information content (AvgIpc) is 2.84. The molecule has 4 rings (SSSR count). The molecule has 1 N–H and O–H groups in total. The molecule has 2 heteroatoms. The van der Waals surface area contributed by atoms with Crippen LogP contribution in [0.2, 0.25) is 0 Å². The van der Waals surface area contributed by atoms with Crippen LogP contribution in [-0.4, -0.2) is 16.5 Å². The molecule has 0 unspecified atom stereocenters. The van der Waals surface area contributed by atoms with Crippen LogP contribution in [0.3, 0.4) is 0 Å². The van der Waals surface area contributed by atoms with E-state index in [1.165, 1.54) is 38.5 Å². The second kappa shape index (κ2) is 5.56. The Morgan fingerprint density at radius 3 is 2.83 bits per heavy atom. The van der Waals surface area contributed by atoms with Gasteiger partial charge in [-0.1, -0.05) is 25.2 Å². The van der Waals surface area contributed by atoms with Crippen LogP contribution in [-0.2, 0) is 4.79 Å². The number of hydrogen-bond acceptors (Lipinski definition) is 2. The van der Waals surface area contributed by atoms with E-state index in [0.29, 0.717) is 11.8 Å². The Kier molecular flexibility index (Phi) is 3.84. The standard InChI is InChI=1S/C22H32O2/c1-4-21-12-11-18-17-8-6-5-7-16(17)9-10-19(18)20(21)13-14(2)22(21,24)15(3)23/h7,17-20,24H,2,4-6,8-13H2,1,3H3/t17-,18+,19+,20-,21-,22-/m0/s1. The number of hydrogen-bond donors (Lipinski definition) is 1. The zero-order valence-electron chi connectivity index (χ0n) is 15.3. The fourth-order valence-electron chi connectivity index (χ4n) is 7.37. The maximum absolute atomic E-state index is 12.5. The highest BCUT2D eigenvalue weighted by Gasteiger charge is 2.67. The van der Waals surface area contributed by atoms with Gasteiger partial charge in [0.1, 0.15) is 5.60 Å². The zero-order valence-corrected chi connectivity index (χ0v) is 15.3. The summed E-state index contributed by atoms with van der Waals surface area (Å²) in [7, 11) is 0. The number of allylic oxidation sites excluding steroid dienone is 2. The molecule has 24 heavy (non-hydrogen) atoms. The van der Waals surface area contributed by atoms with Crippen molar-refractivity contribution in [2.75, 3.05) is 0 Å². The van der Waals surface area contributed by atoms with Crippen LogP contribution in [0.25, 0.3) is 0 Å². The molecular weight excluding hydrogens is 296 g/mol. The predicted molar refractivity (Wildman–Crippen MR) is 96.5 cm³/mol. The lowest BCUT2D eigenvalue weighted by molar-refractivity contribution is -0.156. The highest BCUT2D eigenvalue weighted by atomic mass is 16.3. The Labute approximate surface area is 146 Å². The lowest BCUT2D eigenvalue weighted by atomic mass is 9.49. The first-order valence-corrected chi connectivity index (χ1v) is 10.1. The van der Waals surface area contributed by atoms with Crippen LogP contribution in [0.5, 0.6) is 0 Å². The molecule has 3 fully saturated rings. The molecule has 0 saturated heterocycles. The van der Waals surface area contributed by atoms with Crippen molar-refractivity contribution in [1.29, 1.82) is 0 Å². The molecule has 0 spiro atoms. The van der Waals surface area contributed by atoms with Crippen molar-refractivity contribution in [2.45, 2.75) is 77.2 Å². The van der Waals surface area contributed by atoms with E-state index in [2.05, 4.69) is 19.6 Å². The Bertz CT molecular complexity index is 603. The van der Waals surface area contributed by atoms with Crippen LogP contribution >= 0.6 is 0 Å². The number of carbonyl (C=O) groups is 1. The second-order valence-electron chi connectivity index (χ2n) is 8.91. The van der Waals surface area contributed by atoms with Gasteiger partial charge in [-0.3, -0.25) is 4.79 Å². The van der Waals surface area contributed by atoms with Crippen molar-refractivity contribution in [3.63, 3.8) is 0 Å². The van der Waals surface area contributed by atoms with Gasteiger partial charge in [-0.2, -0.15) is 0 Å². The Morgan fingerprint density at radius 2 is 2.12 bits per heavy atom. The fraction of sp³-hybridized carbons (Fsp3) is 0.773. The summed E-state index contributed by atoms with van der Waals surface area (Å²) in [6, 6.07) is 0. The van der Waals surface area contributed by atoms with E-state index >= 15 is 0 Å². The van der Waals surface area contributed by atoms with Gasteiger partial charge in [-0.05, 0) is 94.0 Å². The zero-order chi connectivity index (χ0) is 17.1. The molecule has 0 bridgehead atoms. The van der Waals surface area contributed by atoms with E-state index in [1.807, 2.05) is 0 Å². The van der Waals surface area contributed by atoms with Gasteiger partial charge in [-0.15, -0.1) is 0 Å². The Hall–Kier alpha value is -0.890. The number of Topliss-reactive ketones (excluding diaryl/α,β-unsaturated/α-hetero) is 1. The summed E-state index contributed by atoms with van der Waals surface area (Å²) >= 11 is 0. The first kappa shape index (κ1) is 16.6. The molecule has 132 valence electrons. The molecule has 4 aliphatic carbocycles. The predicted octanol–water partition coefficient (Wildman–Crippen LogP) is 4.83. The third kappa shape index (κ3) is 1.90. The summed E-state index contributed by atoms with van der Waals surface area (Å²) in [5, 5.41) is 11.4. The topological polar surface area (TPSA) is 37.3 Å². The Morgan fingerprint density at radius 1 is 1.33 bits per heavy atom. The first-order valence-electron chi connectivity index (χ1n) is 10.1. The van der Waals surface area contributed by atoms with Crippen molar-refractivity contribution in [1.82, 2.24) is 0 Å². The molecule has 0 amide bonds. The van der Waals surface area contributed by atoms with E-state index in [-0.39, 0.29) is 11.2 Å². The van der Waals surface area contributed by atoms with Crippen molar-refractivity contribution < 1.29 is 9.90 Å². The molecule has 2 nitrogen and oxygen atoms in total. The van der Waals surface area contributed by atoms with Crippen molar-refractivity contribution >= 4 is 5.78 Å². The van der Waals surface area contributed by atoms with Crippen LogP contribution in [0.15, 0.2) is 23.8 Å². The van der Waals surface area contributed by atoms with Gasteiger partial charge in [0.25, 0.3) is 0 Å². The third-order valence-electron chi connectivity index (χ3n) is 8.42. The highest BCUT2D eigenvalue weighted by Crippen LogP contribution is 2.67. The number of carbonyl (C=O) groups excluding carboxylic acids is 1. The van der Waals surface area contributed by atoms with Crippen LogP contribution < -0.4 is 0 Å². The highest BCUT2D eigenvalue weighted by molar-refractivity contribution is 5.90. The molecule has 0 aromatic carbocycles. The average molecular weight is 328 g/mol. The van der Waals surface area contributed by atoms with Crippen molar-refractivity contribution in [3.8, 4) is 0 Å². The molecule has 0 heterocycles. The summed E-state index contributed by atoms with van der Waals surface area (Å²) < 4.78 is 0. The second-order valence-corrected chi connectivity index (χ2v) is 8.91. The van der Waals surface area contributed by atoms with E-state index in [4.69, 9.17) is 0 Å². The maximum atomic E-state index is 12.5. The monoisotopic (exact) mass is 328 g/mol. The minimum Gasteiger partial charge on any atom is -0.377 e. The fourth-order valence-corrected chi connectivity index (χ4v) is 7.37. The van der Waals surface area contributed by atoms with Gasteiger partial charge >= 0.3 is 0 Å². The maximum Gasteiger partial charge on any atom is 0.166 e. The number of aliphatic hydroxyl groups is 1. The minimum absolute atomic E-state index is 0.0793. The summed E-state index contributed by atoms with van der Waals surface area (Å²) in [4.78, 5) is 12.5. The quantitative estimate of drug-likeness (QED) is 0.738. The summed E-state index contributed by atoms with van der Waals surface area (Å²) in [6.07, 6.45) is 12.9. The van der Waals surface area contributed by atoms with Crippen LogP contribution in [0.1, 0.15) is 71.6 Å². The van der Waals surface area contributed by atoms with Gasteiger partial charge in [-0.25, -0.2) is 0 Å². The Balaban J connectivity index is 1.73. The van der Waals surface area contributed by atoms with Crippen molar-refractivity contribution in [3.05, 3.63) is 23.8 Å². The molecule has 0 aromatic heterocycles. The first-order chi connectivity index (χ1) is 11.5. The molecule has 3 saturated carbocycles. The molecular formula is C22H32O2. The largest absolute Gasteiger partial charge is 0.377 e. The lowest BCUT2D eigenvalue weighted by Crippen LogP contribution is -2.57. The molecule has 0 aliphatic heterocycles. The SMILES string of the molecule is C=C1C[C@H]2[C@@H]3CCC4=CCCC[C@@H]4[C@H]3CC[C@]2(CC)[C@@]1(O)C(C)=O. The van der Waals surface area contributed by atoms with Crippen LogP contribution in [0, 0.1) is 29.1 Å². The van der Waals surface area contributed by atoms with Gasteiger partial charge < -0.3 is 5.11 Å².